The van der Waals surface area contributed by atoms with Crippen LogP contribution in [0.1, 0.15) is 56.2 Å². The molecule has 346 valence electrons. The van der Waals surface area contributed by atoms with E-state index in [4.69, 9.17) is 37.9 Å². The number of nitrogens with one attached hydrogen (secondary N) is 2. The molecule has 5 atom stereocenters. The van der Waals surface area contributed by atoms with Crippen LogP contribution in [-0.2, 0) is 59.0 Å². The maximum atomic E-state index is 13.5. The number of hydrogen-bond donors (Lipinski definition) is 2. The summed E-state index contributed by atoms with van der Waals surface area (Å²) in [4.78, 5) is 99.4. The average Bonchev–Trinajstić information content (AvgIpc) is 3.60. The highest BCUT2D eigenvalue weighted by atomic mass is 16.7. The van der Waals surface area contributed by atoms with E-state index in [1.54, 1.807) is 0 Å². The fraction of sp³-hybridized carbons (Fsp3) is 0.326. The van der Waals surface area contributed by atoms with Gasteiger partial charge < -0.3 is 48.5 Å². The first-order valence-corrected chi connectivity index (χ1v) is 20.5. The number of nitro benzene ring substituents is 1. The third kappa shape index (κ3) is 11.9. The Labute approximate surface area is 376 Å². The van der Waals surface area contributed by atoms with Crippen molar-refractivity contribution in [3.8, 4) is 22.6 Å². The number of methoxy groups -OCH3 is 1. The topological polar surface area (TPSA) is 261 Å². The zero-order valence-corrected chi connectivity index (χ0v) is 36.0. The highest BCUT2D eigenvalue weighted by Gasteiger charge is 2.54. The predicted molar refractivity (Wildman–Crippen MR) is 228 cm³/mol. The van der Waals surface area contributed by atoms with Crippen LogP contribution in [0.25, 0.3) is 11.1 Å². The van der Waals surface area contributed by atoms with Gasteiger partial charge in [-0.15, -0.1) is 0 Å². The summed E-state index contributed by atoms with van der Waals surface area (Å²) in [6.45, 7) is 2.70. The third-order valence-corrected chi connectivity index (χ3v) is 10.5. The molecule has 0 aliphatic heterocycles. The van der Waals surface area contributed by atoms with E-state index in [1.165, 1.54) is 30.3 Å². The van der Waals surface area contributed by atoms with Gasteiger partial charge in [-0.25, -0.2) is 9.59 Å². The summed E-state index contributed by atoms with van der Waals surface area (Å²) < 4.78 is 43.8. The van der Waals surface area contributed by atoms with E-state index in [-0.39, 0.29) is 60.3 Å². The lowest BCUT2D eigenvalue weighted by molar-refractivity contribution is -0.384. The van der Waals surface area contributed by atoms with Gasteiger partial charge in [-0.05, 0) is 52.1 Å². The standard InChI is InChI=1S/C46H45N3O17/c1-25(50)62-41-35(44(54)59-4)22-39(42(63-26(2)51)43(41)64-27(3)52)66-38-18-13-28(23-61-46(56)65-30-16-14-29(15-17-30)49(57)58)21-37(38)48-40(53)19-20-47-45(55)60-24-36-33-11-7-5-9-31(33)32-10-6-8-12-34(32)36/h5-18,21,35-36,39,41-43H,19-20,22-24H2,1-4H3,(H,47,55)(H,48,53)/t35-,39+,41+,42-,43-/m0/s1. The molecule has 20 nitrogen and oxygen atoms in total. The van der Waals surface area contributed by atoms with Gasteiger partial charge in [0.15, 0.2) is 18.3 Å². The van der Waals surface area contributed by atoms with Crippen LogP contribution in [0.5, 0.6) is 11.5 Å². The van der Waals surface area contributed by atoms with Crippen LogP contribution in [-0.4, -0.2) is 91.6 Å². The van der Waals surface area contributed by atoms with Crippen molar-refractivity contribution in [3.05, 3.63) is 118 Å². The normalized spacial score (nSPS) is 18.2. The Bertz CT molecular complexity index is 2450. The molecular weight excluding hydrogens is 867 g/mol. The molecule has 4 aromatic carbocycles. The monoisotopic (exact) mass is 911 g/mol. The highest BCUT2D eigenvalue weighted by molar-refractivity contribution is 5.92. The maximum Gasteiger partial charge on any atom is 0.514 e. The van der Waals surface area contributed by atoms with E-state index < -0.39 is 83.9 Å². The number of alkyl carbamates (subject to hydrolysis) is 1. The number of benzene rings is 4. The zero-order valence-electron chi connectivity index (χ0n) is 36.0. The summed E-state index contributed by atoms with van der Waals surface area (Å²) in [5.74, 6) is -5.61. The third-order valence-electron chi connectivity index (χ3n) is 10.5. The second kappa shape index (κ2) is 21.6. The Morgan fingerprint density at radius 3 is 1.95 bits per heavy atom. The number of hydrogen-bond acceptors (Lipinski definition) is 17. The molecule has 0 aromatic heterocycles. The van der Waals surface area contributed by atoms with Crippen molar-refractivity contribution >= 4 is 53.4 Å². The molecule has 0 spiro atoms. The van der Waals surface area contributed by atoms with Crippen molar-refractivity contribution < 1.29 is 76.4 Å². The molecule has 0 saturated heterocycles. The summed E-state index contributed by atoms with van der Waals surface area (Å²) in [6.07, 6.45) is -8.29. The van der Waals surface area contributed by atoms with Crippen molar-refractivity contribution in [1.29, 1.82) is 0 Å². The molecule has 4 aromatic rings. The van der Waals surface area contributed by atoms with Gasteiger partial charge in [0.2, 0.25) is 5.91 Å². The molecule has 2 aliphatic carbocycles. The minimum atomic E-state index is -1.56. The van der Waals surface area contributed by atoms with Gasteiger partial charge in [-0.2, -0.15) is 0 Å². The predicted octanol–water partition coefficient (Wildman–Crippen LogP) is 5.91. The Morgan fingerprint density at radius 2 is 1.35 bits per heavy atom. The molecule has 66 heavy (non-hydrogen) atoms. The number of ether oxygens (including phenoxy) is 8. The lowest BCUT2D eigenvalue weighted by Gasteiger charge is -2.43. The van der Waals surface area contributed by atoms with Crippen LogP contribution < -0.4 is 20.1 Å². The van der Waals surface area contributed by atoms with Crippen molar-refractivity contribution in [2.75, 3.05) is 25.6 Å². The molecule has 1 saturated carbocycles. The van der Waals surface area contributed by atoms with Crippen molar-refractivity contribution in [1.82, 2.24) is 5.32 Å². The van der Waals surface area contributed by atoms with E-state index in [1.807, 2.05) is 48.5 Å². The van der Waals surface area contributed by atoms with Crippen LogP contribution in [0, 0.1) is 16.0 Å². The van der Waals surface area contributed by atoms with Gasteiger partial charge in [-0.3, -0.25) is 34.1 Å². The van der Waals surface area contributed by atoms with Crippen LogP contribution >= 0.6 is 0 Å². The molecule has 0 heterocycles. The molecule has 0 bridgehead atoms. The Kier molecular flexibility index (Phi) is 15.5. The first kappa shape index (κ1) is 47.4. The smallest absolute Gasteiger partial charge is 0.484 e. The van der Waals surface area contributed by atoms with Crippen molar-refractivity contribution in [2.45, 2.75) is 70.6 Å². The van der Waals surface area contributed by atoms with Gasteiger partial charge in [0.05, 0.1) is 17.7 Å². The number of non-ortho nitro benzene ring substituents is 1. The molecule has 6 rings (SSSR count). The minimum absolute atomic E-state index is 0.0201. The van der Waals surface area contributed by atoms with Crippen LogP contribution in [0.4, 0.5) is 21.0 Å². The van der Waals surface area contributed by atoms with Gasteiger partial charge in [0, 0.05) is 58.2 Å². The fourth-order valence-electron chi connectivity index (χ4n) is 7.72. The van der Waals surface area contributed by atoms with Gasteiger partial charge in [0.1, 0.15) is 36.7 Å². The van der Waals surface area contributed by atoms with Gasteiger partial charge >= 0.3 is 36.1 Å². The summed E-state index contributed by atoms with van der Waals surface area (Å²) in [5, 5.41) is 16.3. The van der Waals surface area contributed by atoms with E-state index in [2.05, 4.69) is 10.6 Å². The van der Waals surface area contributed by atoms with E-state index in [0.717, 1.165) is 62.3 Å². The molecule has 0 unspecified atom stereocenters. The van der Waals surface area contributed by atoms with E-state index in [9.17, 15) is 43.7 Å². The number of nitro groups is 1. The van der Waals surface area contributed by atoms with Gasteiger partial charge in [0.25, 0.3) is 5.69 Å². The number of nitrogens with zero attached hydrogens (tertiary/aromatic N) is 1. The number of amides is 2. The molecular formula is C46H45N3O17. The van der Waals surface area contributed by atoms with Crippen LogP contribution in [0.3, 0.4) is 0 Å². The molecule has 20 heteroatoms. The Balaban J connectivity index is 1.18. The first-order chi connectivity index (χ1) is 31.6. The molecule has 1 fully saturated rings. The lowest BCUT2D eigenvalue weighted by Crippen LogP contribution is -2.61. The zero-order chi connectivity index (χ0) is 47.5. The Hall–Kier alpha value is -8.03. The van der Waals surface area contributed by atoms with Crippen molar-refractivity contribution in [2.24, 2.45) is 5.92 Å². The Morgan fingerprint density at radius 1 is 0.742 bits per heavy atom. The average molecular weight is 912 g/mol. The van der Waals surface area contributed by atoms with Crippen molar-refractivity contribution in [3.63, 3.8) is 0 Å². The number of esters is 4. The SMILES string of the molecule is COC(=O)[C@H]1C[C@@H](Oc2ccc(COC(=O)Oc3ccc([N+](=O)[O-])cc3)cc2NC(=O)CCNC(=O)OCC2c3ccccc3-c3ccccc32)[C@H](OC(C)=O)[C@@H](OC(C)=O)[C@@H]1OC(C)=O. The minimum Gasteiger partial charge on any atom is -0.484 e. The number of rotatable bonds is 16. The molecule has 0 radical (unpaired) electrons. The lowest BCUT2D eigenvalue weighted by atomic mass is 9.80. The molecule has 2 amide bonds. The van der Waals surface area contributed by atoms with Gasteiger partial charge in [-0.1, -0.05) is 54.6 Å². The summed E-state index contributed by atoms with van der Waals surface area (Å²) in [6, 6.07) is 24.6. The number of carbonyl (C=O) groups excluding carboxylic acids is 7. The molecule has 2 aliphatic rings. The highest BCUT2D eigenvalue weighted by Crippen LogP contribution is 2.44. The first-order valence-electron chi connectivity index (χ1n) is 20.5. The number of anilines is 1. The maximum absolute atomic E-state index is 13.5. The summed E-state index contributed by atoms with van der Waals surface area (Å²) >= 11 is 0. The van der Waals surface area contributed by atoms with E-state index in [0.29, 0.717) is 0 Å². The van der Waals surface area contributed by atoms with Crippen LogP contribution in [0.15, 0.2) is 91.0 Å². The summed E-state index contributed by atoms with van der Waals surface area (Å²) in [5.41, 5.74) is 4.21. The molecule has 2 N–H and O–H groups in total. The fourth-order valence-corrected chi connectivity index (χ4v) is 7.72. The summed E-state index contributed by atoms with van der Waals surface area (Å²) in [7, 11) is 1.10. The number of carbonyl (C=O) groups is 7. The quantitative estimate of drug-likeness (QED) is 0.0435. The second-order valence-electron chi connectivity index (χ2n) is 15.0. The number of fused-ring (bicyclic) bond motifs is 3. The largest absolute Gasteiger partial charge is 0.514 e. The second-order valence-corrected chi connectivity index (χ2v) is 15.0. The van der Waals surface area contributed by atoms with Crippen LogP contribution in [0.2, 0.25) is 0 Å². The van der Waals surface area contributed by atoms with E-state index >= 15 is 0 Å².